The SMILES string of the molecule is CCCCCCCN1N=C(c2ccccc2)C=C(c2ccccc2)N1. The summed E-state index contributed by atoms with van der Waals surface area (Å²) in [5, 5.41) is 6.80. The summed E-state index contributed by atoms with van der Waals surface area (Å²) in [6.45, 7) is 3.17. The third-order valence-electron chi connectivity index (χ3n) is 4.39. The van der Waals surface area contributed by atoms with Gasteiger partial charge in [0.2, 0.25) is 0 Å². The van der Waals surface area contributed by atoms with Gasteiger partial charge in [0.15, 0.2) is 0 Å². The fourth-order valence-electron chi connectivity index (χ4n) is 2.98. The fraction of sp³-hybridized carbons (Fsp3) is 0.318. The first kappa shape index (κ1) is 17.3. The maximum absolute atomic E-state index is 4.81. The fourth-order valence-corrected chi connectivity index (χ4v) is 2.98. The van der Waals surface area contributed by atoms with Crippen molar-refractivity contribution in [2.75, 3.05) is 6.54 Å². The van der Waals surface area contributed by atoms with E-state index in [9.17, 15) is 0 Å². The number of benzene rings is 2. The van der Waals surface area contributed by atoms with Gasteiger partial charge < -0.3 is 0 Å². The molecule has 1 aliphatic heterocycles. The number of allylic oxidation sites excluding steroid dienone is 1. The molecule has 0 unspecified atom stereocenters. The van der Waals surface area contributed by atoms with Crippen LogP contribution in [0, 0.1) is 0 Å². The van der Waals surface area contributed by atoms with Gasteiger partial charge in [0.1, 0.15) is 0 Å². The van der Waals surface area contributed by atoms with E-state index >= 15 is 0 Å². The van der Waals surface area contributed by atoms with Crippen LogP contribution < -0.4 is 5.43 Å². The highest BCUT2D eigenvalue weighted by Crippen LogP contribution is 2.18. The molecule has 0 radical (unpaired) electrons. The van der Waals surface area contributed by atoms with Crippen LogP contribution in [-0.4, -0.2) is 17.4 Å². The number of unbranched alkanes of at least 4 members (excludes halogenated alkanes) is 4. The summed E-state index contributed by atoms with van der Waals surface area (Å²) in [6.07, 6.45) is 8.45. The second-order valence-electron chi connectivity index (χ2n) is 6.42. The van der Waals surface area contributed by atoms with Crippen LogP contribution in [0.1, 0.15) is 50.2 Å². The molecule has 130 valence electrons. The van der Waals surface area contributed by atoms with Crippen LogP contribution in [0.4, 0.5) is 0 Å². The van der Waals surface area contributed by atoms with Gasteiger partial charge >= 0.3 is 0 Å². The highest BCUT2D eigenvalue weighted by Gasteiger charge is 2.15. The molecular weight excluding hydrogens is 306 g/mol. The average Bonchev–Trinajstić information content (AvgIpc) is 2.69. The lowest BCUT2D eigenvalue weighted by molar-refractivity contribution is 0.231. The van der Waals surface area contributed by atoms with Crippen LogP contribution >= 0.6 is 0 Å². The van der Waals surface area contributed by atoms with Gasteiger partial charge in [-0.05, 0) is 18.1 Å². The van der Waals surface area contributed by atoms with Crippen LogP contribution in [0.25, 0.3) is 5.70 Å². The number of nitrogens with one attached hydrogen (secondary N) is 1. The maximum Gasteiger partial charge on any atom is 0.0945 e. The van der Waals surface area contributed by atoms with E-state index in [1.165, 1.54) is 31.2 Å². The quantitative estimate of drug-likeness (QED) is 0.670. The van der Waals surface area contributed by atoms with Gasteiger partial charge in [-0.2, -0.15) is 5.10 Å². The maximum atomic E-state index is 4.81. The van der Waals surface area contributed by atoms with Crippen molar-refractivity contribution in [1.29, 1.82) is 0 Å². The van der Waals surface area contributed by atoms with Crippen LogP contribution in [0.5, 0.6) is 0 Å². The van der Waals surface area contributed by atoms with Gasteiger partial charge in [-0.1, -0.05) is 93.3 Å². The molecule has 3 nitrogen and oxygen atoms in total. The first-order chi connectivity index (χ1) is 12.4. The highest BCUT2D eigenvalue weighted by atomic mass is 15.7. The molecule has 3 rings (SSSR count). The third-order valence-corrected chi connectivity index (χ3v) is 4.39. The average molecular weight is 333 g/mol. The standard InChI is InChI=1S/C22H27N3/c1-2-3-4-5-12-17-25-23-21(19-13-8-6-9-14-19)18-22(24-25)20-15-10-7-11-16-20/h6-11,13-16,18,23H,2-5,12,17H2,1H3. The first-order valence-corrected chi connectivity index (χ1v) is 9.32. The van der Waals surface area contributed by atoms with Gasteiger partial charge in [-0.25, -0.2) is 5.12 Å². The van der Waals surface area contributed by atoms with Crippen molar-refractivity contribution < 1.29 is 0 Å². The monoisotopic (exact) mass is 333 g/mol. The number of nitrogens with zero attached hydrogens (tertiary/aromatic N) is 2. The Morgan fingerprint density at radius 2 is 1.44 bits per heavy atom. The van der Waals surface area contributed by atoms with Crippen LogP contribution in [-0.2, 0) is 0 Å². The minimum Gasteiger partial charge on any atom is -0.282 e. The Morgan fingerprint density at radius 3 is 2.12 bits per heavy atom. The molecule has 0 aromatic heterocycles. The Kier molecular flexibility index (Phi) is 6.27. The lowest BCUT2D eigenvalue weighted by Gasteiger charge is -2.28. The number of hydrazone groups is 1. The van der Waals surface area contributed by atoms with Gasteiger partial charge in [0.25, 0.3) is 0 Å². The molecule has 0 aliphatic carbocycles. The Labute approximate surface area is 151 Å². The zero-order chi connectivity index (χ0) is 17.3. The van der Waals surface area contributed by atoms with Crippen LogP contribution in [0.3, 0.4) is 0 Å². The number of rotatable bonds is 8. The predicted octanol–water partition coefficient (Wildman–Crippen LogP) is 5.22. The number of hydrazine groups is 1. The molecule has 2 aromatic carbocycles. The molecule has 0 amide bonds. The summed E-state index contributed by atoms with van der Waals surface area (Å²) >= 11 is 0. The van der Waals surface area contributed by atoms with E-state index in [1.54, 1.807) is 0 Å². The van der Waals surface area contributed by atoms with E-state index in [2.05, 4.69) is 67.0 Å². The lowest BCUT2D eigenvalue weighted by atomic mass is 10.1. The van der Waals surface area contributed by atoms with E-state index < -0.39 is 0 Å². The highest BCUT2D eigenvalue weighted by molar-refractivity contribution is 6.12. The van der Waals surface area contributed by atoms with E-state index in [0.29, 0.717) is 0 Å². The van der Waals surface area contributed by atoms with Crippen LogP contribution in [0.2, 0.25) is 0 Å². The molecular formula is C22H27N3. The van der Waals surface area contributed by atoms with E-state index in [4.69, 9.17) is 5.10 Å². The van der Waals surface area contributed by atoms with Crippen molar-refractivity contribution in [3.05, 3.63) is 77.9 Å². The molecule has 1 N–H and O–H groups in total. The van der Waals surface area contributed by atoms with Crippen molar-refractivity contribution in [2.45, 2.75) is 39.0 Å². The first-order valence-electron chi connectivity index (χ1n) is 9.32. The second-order valence-corrected chi connectivity index (χ2v) is 6.42. The third kappa shape index (κ3) is 4.96. The topological polar surface area (TPSA) is 27.6 Å². The van der Waals surface area contributed by atoms with Crippen molar-refractivity contribution in [1.82, 2.24) is 10.5 Å². The Balaban J connectivity index is 1.76. The summed E-state index contributed by atoms with van der Waals surface area (Å²) in [6, 6.07) is 20.8. The Hall–Kier alpha value is -2.55. The zero-order valence-corrected chi connectivity index (χ0v) is 15.0. The predicted molar refractivity (Wildman–Crippen MR) is 106 cm³/mol. The van der Waals surface area contributed by atoms with E-state index in [-0.39, 0.29) is 0 Å². The molecule has 3 heteroatoms. The van der Waals surface area contributed by atoms with Crippen molar-refractivity contribution >= 4 is 11.4 Å². The molecule has 0 fully saturated rings. The molecule has 0 spiro atoms. The van der Waals surface area contributed by atoms with Crippen LogP contribution in [0.15, 0.2) is 71.8 Å². The normalized spacial score (nSPS) is 13.9. The summed E-state index contributed by atoms with van der Waals surface area (Å²) in [7, 11) is 0. The summed E-state index contributed by atoms with van der Waals surface area (Å²) in [5.41, 5.74) is 7.90. The number of hydrogen-bond acceptors (Lipinski definition) is 3. The smallest absolute Gasteiger partial charge is 0.0945 e. The minimum atomic E-state index is 0.921. The largest absolute Gasteiger partial charge is 0.282 e. The molecule has 1 aliphatic rings. The molecule has 0 bridgehead atoms. The molecule has 0 saturated heterocycles. The van der Waals surface area contributed by atoms with Crippen molar-refractivity contribution in [3.63, 3.8) is 0 Å². The molecule has 1 heterocycles. The van der Waals surface area contributed by atoms with Gasteiger partial charge in [-0.15, -0.1) is 0 Å². The van der Waals surface area contributed by atoms with Gasteiger partial charge in [0, 0.05) is 5.56 Å². The summed E-state index contributed by atoms with van der Waals surface area (Å²) in [4.78, 5) is 0. The molecule has 25 heavy (non-hydrogen) atoms. The summed E-state index contributed by atoms with van der Waals surface area (Å²) < 4.78 is 0. The second kappa shape index (κ2) is 9.07. The van der Waals surface area contributed by atoms with E-state index in [1.807, 2.05) is 17.3 Å². The Bertz CT molecular complexity index is 705. The van der Waals surface area contributed by atoms with Crippen molar-refractivity contribution in [3.8, 4) is 0 Å². The summed E-state index contributed by atoms with van der Waals surface area (Å²) in [5.74, 6) is 0. The van der Waals surface area contributed by atoms with Crippen molar-refractivity contribution in [2.24, 2.45) is 5.10 Å². The number of hydrogen-bond donors (Lipinski definition) is 1. The molecule has 0 atom stereocenters. The van der Waals surface area contributed by atoms with Gasteiger partial charge in [-0.3, -0.25) is 5.43 Å². The lowest BCUT2D eigenvalue weighted by Crippen LogP contribution is -2.37. The molecule has 0 saturated carbocycles. The molecule has 2 aromatic rings. The Morgan fingerprint density at radius 1 is 0.800 bits per heavy atom. The van der Waals surface area contributed by atoms with Gasteiger partial charge in [0.05, 0.1) is 18.0 Å². The minimum absolute atomic E-state index is 0.921. The zero-order valence-electron chi connectivity index (χ0n) is 15.0. The van der Waals surface area contributed by atoms with E-state index in [0.717, 1.165) is 29.9 Å².